The Morgan fingerprint density at radius 3 is 1.28 bits per heavy atom. The summed E-state index contributed by atoms with van der Waals surface area (Å²) in [5, 5.41) is 2.59. The monoisotopic (exact) mass is 1610 g/mol. The molecular weight excluding hydrogens is 1530 g/mol. The summed E-state index contributed by atoms with van der Waals surface area (Å²) in [5.41, 5.74) is 48.0. The summed E-state index contributed by atoms with van der Waals surface area (Å²) in [4.78, 5) is 15.0. The molecule has 6 heteroatoms. The SMILES string of the molecule is CC1(C)c2cc(/C=C/c3ccc4c(c3)C3(c5ccccc5-c5ccccc53)c3cc(N5c6ccccc6Sc6ccc(-c7ccc8c(c7)Sc7ccccc7N8c7ccc8c(c7)-c7cccc9c(/C=C/c%10ccc%11c(c%10)C(C)(C)c%10cc(N%12CCCc%13ccccc%13%12)ccc%10-%11)ccc-8c79)cc65)ccc3-4)ccc2-c2ccc(N3CCCc4ccccc43)cc21. The molecule has 4 heterocycles. The standard InChI is InChI=1S/C117H84N4S2/c1-115(2)98-62-71(39-50-87(98)89-55-46-79(68-100(89)115)118-60-18-22-75-20-5-11-30-104(75)118)36-37-72-41-52-91-92-57-49-82(70-103(92)117(102(91)64-72)96-28-9-7-24-85(96)86-25-8-10-29-97(86)117)121-107-33-14-15-34-110(107)122-112-59-45-77(65-109(112)121)78-44-58-108-113(66-78)123-111-35-16-13-32-106(111)120(108)81-48-54-84-94-53-43-74(83-26-17-27-93(114(83)94)95(84)67-81)42-38-73-40-51-88-90-56-47-80(69-101(90)116(3,4)99(88)63-73)119-61-19-23-76-21-6-12-31-105(76)119/h5-17,20-21,24-59,62-70H,18-19,22-23,60-61H2,1-4H3/b37-36+,42-38+. The quantitative estimate of drug-likeness (QED) is 0.133. The van der Waals surface area contributed by atoms with Crippen molar-refractivity contribution in [3.8, 4) is 77.9 Å². The third-order valence-corrected chi connectivity index (χ3v) is 31.0. The lowest BCUT2D eigenvalue weighted by Gasteiger charge is -2.35. The second-order valence-corrected chi connectivity index (χ2v) is 38.1. The Morgan fingerprint density at radius 2 is 0.667 bits per heavy atom. The lowest BCUT2D eigenvalue weighted by Crippen LogP contribution is -2.26. The van der Waals surface area contributed by atoms with Crippen molar-refractivity contribution in [3.05, 3.63) is 418 Å². The zero-order valence-corrected chi connectivity index (χ0v) is 70.6. The molecule has 4 aliphatic heterocycles. The summed E-state index contributed by atoms with van der Waals surface area (Å²) < 4.78 is 0. The maximum Gasteiger partial charge on any atom is 0.0726 e. The van der Waals surface area contributed by atoms with Crippen LogP contribution in [0.3, 0.4) is 0 Å². The van der Waals surface area contributed by atoms with E-state index in [1.807, 2.05) is 23.5 Å². The van der Waals surface area contributed by atoms with Gasteiger partial charge in [-0.1, -0.05) is 300 Å². The molecule has 0 saturated carbocycles. The molecule has 0 aromatic heterocycles. The molecule has 1 spiro atoms. The van der Waals surface area contributed by atoms with Gasteiger partial charge >= 0.3 is 0 Å². The summed E-state index contributed by atoms with van der Waals surface area (Å²) in [6.45, 7) is 11.7. The molecule has 5 aliphatic carbocycles. The van der Waals surface area contributed by atoms with Crippen LogP contribution < -0.4 is 19.6 Å². The third kappa shape index (κ3) is 10.5. The normalized spacial score (nSPS) is 15.8. The minimum Gasteiger partial charge on any atom is -0.341 e. The number of anilines is 10. The minimum absolute atomic E-state index is 0.141. The van der Waals surface area contributed by atoms with Crippen molar-refractivity contribution in [1.82, 2.24) is 0 Å². The Hall–Kier alpha value is -13.6. The fraction of sp³-hybridized carbons (Fsp3) is 0.111. The molecule has 584 valence electrons. The maximum absolute atomic E-state index is 2.56. The highest BCUT2D eigenvalue weighted by molar-refractivity contribution is 8.00. The van der Waals surface area contributed by atoms with Gasteiger partial charge in [0.25, 0.3) is 0 Å². The van der Waals surface area contributed by atoms with Gasteiger partial charge in [0.1, 0.15) is 0 Å². The van der Waals surface area contributed by atoms with E-state index in [-0.39, 0.29) is 10.8 Å². The number of fused-ring (bicyclic) bond motifs is 25. The van der Waals surface area contributed by atoms with Gasteiger partial charge in [0.15, 0.2) is 0 Å². The summed E-state index contributed by atoms with van der Waals surface area (Å²) in [6, 6.07) is 131. The molecule has 0 N–H and O–H groups in total. The summed E-state index contributed by atoms with van der Waals surface area (Å²) >= 11 is 3.74. The van der Waals surface area contributed by atoms with E-state index in [0.29, 0.717) is 0 Å². The van der Waals surface area contributed by atoms with Crippen molar-refractivity contribution in [3.63, 3.8) is 0 Å². The van der Waals surface area contributed by atoms with Gasteiger partial charge in [-0.25, -0.2) is 0 Å². The van der Waals surface area contributed by atoms with Gasteiger partial charge in [0.2, 0.25) is 0 Å². The summed E-state index contributed by atoms with van der Waals surface area (Å²) in [7, 11) is 0. The van der Waals surface area contributed by atoms with Crippen LogP contribution in [0.25, 0.3) is 113 Å². The van der Waals surface area contributed by atoms with E-state index in [4.69, 9.17) is 0 Å². The van der Waals surface area contributed by atoms with Gasteiger partial charge in [-0.3, -0.25) is 0 Å². The highest BCUT2D eigenvalue weighted by atomic mass is 32.2. The van der Waals surface area contributed by atoms with Gasteiger partial charge in [-0.2, -0.15) is 0 Å². The number of rotatable bonds is 9. The zero-order chi connectivity index (χ0) is 81.3. The van der Waals surface area contributed by atoms with E-state index >= 15 is 0 Å². The number of para-hydroxylation sites is 4. The summed E-state index contributed by atoms with van der Waals surface area (Å²) in [5.74, 6) is 0. The Labute approximate surface area is 727 Å². The second kappa shape index (κ2) is 26.7. The number of benzene rings is 17. The van der Waals surface area contributed by atoms with Crippen LogP contribution in [0.4, 0.5) is 56.9 Å². The molecule has 0 unspecified atom stereocenters. The molecule has 0 bridgehead atoms. The van der Waals surface area contributed by atoms with Crippen LogP contribution in [-0.2, 0) is 29.1 Å². The first-order valence-corrected chi connectivity index (χ1v) is 45.4. The molecule has 4 nitrogen and oxygen atoms in total. The second-order valence-electron chi connectivity index (χ2n) is 36.0. The van der Waals surface area contributed by atoms with E-state index in [1.165, 1.54) is 238 Å². The largest absolute Gasteiger partial charge is 0.341 e. The minimum atomic E-state index is -0.578. The Kier molecular flexibility index (Phi) is 15.4. The van der Waals surface area contributed by atoms with Crippen LogP contribution in [0.5, 0.6) is 0 Å². The fourth-order valence-electron chi connectivity index (χ4n) is 23.0. The number of hydrogen-bond acceptors (Lipinski definition) is 6. The molecular formula is C117H84N4S2. The van der Waals surface area contributed by atoms with Crippen molar-refractivity contribution in [1.29, 1.82) is 0 Å². The topological polar surface area (TPSA) is 13.0 Å². The van der Waals surface area contributed by atoms with Crippen molar-refractivity contribution in [2.24, 2.45) is 0 Å². The average Bonchev–Trinajstić information content (AvgIpc) is 1.51. The van der Waals surface area contributed by atoms with Crippen LogP contribution in [0.1, 0.15) is 118 Å². The van der Waals surface area contributed by atoms with Gasteiger partial charge in [-0.05, 0) is 307 Å². The van der Waals surface area contributed by atoms with Crippen molar-refractivity contribution >= 4 is 115 Å². The molecule has 17 aromatic rings. The number of hydrogen-bond donors (Lipinski definition) is 0. The molecule has 0 amide bonds. The van der Waals surface area contributed by atoms with Crippen LogP contribution in [0, 0.1) is 0 Å². The Balaban J connectivity index is 0.515. The van der Waals surface area contributed by atoms with Gasteiger partial charge in [-0.15, -0.1) is 0 Å². The number of nitrogens with zero attached hydrogens (tertiary/aromatic N) is 4. The molecule has 0 saturated heterocycles. The summed E-state index contributed by atoms with van der Waals surface area (Å²) in [6.07, 6.45) is 14.0. The van der Waals surface area contributed by atoms with Gasteiger partial charge in [0, 0.05) is 77.6 Å². The molecule has 26 rings (SSSR count). The molecule has 9 aliphatic rings. The van der Waals surface area contributed by atoms with Crippen molar-refractivity contribution in [2.75, 3.05) is 32.7 Å². The van der Waals surface area contributed by atoms with Crippen molar-refractivity contribution in [2.45, 2.75) is 89.2 Å². The Morgan fingerprint density at radius 1 is 0.260 bits per heavy atom. The van der Waals surface area contributed by atoms with Crippen molar-refractivity contribution < 1.29 is 0 Å². The molecule has 17 aromatic carbocycles. The highest BCUT2D eigenvalue weighted by Crippen LogP contribution is 2.66. The lowest BCUT2D eigenvalue weighted by atomic mass is 9.70. The maximum atomic E-state index is 2.56. The Bertz CT molecular complexity index is 7530. The van der Waals surface area contributed by atoms with E-state index < -0.39 is 5.41 Å². The average molecular weight is 1610 g/mol. The first kappa shape index (κ1) is 71.1. The first-order valence-electron chi connectivity index (χ1n) is 43.7. The fourth-order valence-corrected chi connectivity index (χ4v) is 25.1. The van der Waals surface area contributed by atoms with Crippen LogP contribution in [0.15, 0.2) is 359 Å². The highest BCUT2D eigenvalue weighted by Gasteiger charge is 2.52. The molecule has 0 radical (unpaired) electrons. The van der Waals surface area contributed by atoms with Gasteiger partial charge < -0.3 is 19.6 Å². The molecule has 123 heavy (non-hydrogen) atoms. The number of aryl methyl sites for hydroxylation is 2. The lowest BCUT2D eigenvalue weighted by molar-refractivity contribution is 0.659. The molecule has 0 atom stereocenters. The zero-order valence-electron chi connectivity index (χ0n) is 69.0. The predicted molar refractivity (Wildman–Crippen MR) is 517 cm³/mol. The van der Waals surface area contributed by atoms with Gasteiger partial charge in [0.05, 0.1) is 28.2 Å². The van der Waals surface area contributed by atoms with Crippen LogP contribution >= 0.6 is 23.5 Å². The van der Waals surface area contributed by atoms with Crippen LogP contribution in [-0.4, -0.2) is 13.1 Å². The van der Waals surface area contributed by atoms with Crippen LogP contribution in [0.2, 0.25) is 0 Å². The smallest absolute Gasteiger partial charge is 0.0726 e. The predicted octanol–water partition coefficient (Wildman–Crippen LogP) is 31.5. The van der Waals surface area contributed by atoms with E-state index in [1.54, 1.807) is 0 Å². The first-order chi connectivity index (χ1) is 60.4. The van der Waals surface area contributed by atoms with E-state index in [9.17, 15) is 0 Å². The van der Waals surface area contributed by atoms with E-state index in [0.717, 1.165) is 43.7 Å². The molecule has 0 fully saturated rings. The third-order valence-electron chi connectivity index (χ3n) is 28.8. The van der Waals surface area contributed by atoms with E-state index in [2.05, 4.69) is 411 Å².